The van der Waals surface area contributed by atoms with Gasteiger partial charge in [0.1, 0.15) is 5.75 Å². The number of nitrogens with one attached hydrogen (secondary N) is 1. The minimum Gasteiger partial charge on any atom is -0.492 e. The van der Waals surface area contributed by atoms with E-state index in [1.165, 1.54) is 0 Å². The van der Waals surface area contributed by atoms with Crippen molar-refractivity contribution in [1.82, 2.24) is 10.2 Å². The molecule has 5 nitrogen and oxygen atoms in total. The summed E-state index contributed by atoms with van der Waals surface area (Å²) in [4.78, 5) is 27.3. The standard InChI is InChI=1S/C26H27ClN2O3/c27-23-11-3-4-12-24(23)32-18-6-13-25(30)29-16-14-20(15-17-29)28-26(31)22-10-5-8-19-7-1-2-9-21(19)22/h1-5,7-12,20H,6,13-18H2,(H,28,31). The van der Waals surface area contributed by atoms with Gasteiger partial charge in [0.2, 0.25) is 5.91 Å². The predicted molar refractivity (Wildman–Crippen MR) is 127 cm³/mol. The summed E-state index contributed by atoms with van der Waals surface area (Å²) < 4.78 is 5.66. The van der Waals surface area contributed by atoms with Crippen molar-refractivity contribution < 1.29 is 14.3 Å². The molecule has 4 rings (SSSR count). The van der Waals surface area contributed by atoms with Gasteiger partial charge in [-0.25, -0.2) is 0 Å². The fourth-order valence-corrected chi connectivity index (χ4v) is 4.28. The first kappa shape index (κ1) is 22.2. The molecule has 0 radical (unpaired) electrons. The highest BCUT2D eigenvalue weighted by Crippen LogP contribution is 2.23. The molecule has 0 atom stereocenters. The van der Waals surface area contributed by atoms with E-state index in [0.29, 0.717) is 48.9 Å². The van der Waals surface area contributed by atoms with Gasteiger partial charge in [-0.05, 0) is 48.2 Å². The second kappa shape index (κ2) is 10.5. The molecule has 2 amide bonds. The van der Waals surface area contributed by atoms with Crippen molar-refractivity contribution in [3.8, 4) is 5.75 Å². The number of fused-ring (bicyclic) bond motifs is 1. The van der Waals surface area contributed by atoms with Crippen LogP contribution in [0, 0.1) is 0 Å². The number of carbonyl (C=O) groups is 2. The molecule has 1 aliphatic heterocycles. The quantitative estimate of drug-likeness (QED) is 0.511. The zero-order chi connectivity index (χ0) is 22.3. The molecule has 32 heavy (non-hydrogen) atoms. The number of ether oxygens (including phenoxy) is 1. The molecular weight excluding hydrogens is 424 g/mol. The van der Waals surface area contributed by atoms with Gasteiger partial charge in [-0.3, -0.25) is 9.59 Å². The van der Waals surface area contributed by atoms with Gasteiger partial charge in [0.15, 0.2) is 0 Å². The molecule has 3 aromatic carbocycles. The Balaban J connectivity index is 1.21. The zero-order valence-corrected chi connectivity index (χ0v) is 18.7. The van der Waals surface area contributed by atoms with E-state index in [1.807, 2.05) is 65.6 Å². The summed E-state index contributed by atoms with van der Waals surface area (Å²) in [5, 5.41) is 5.74. The SMILES string of the molecule is O=C(NC1CCN(C(=O)CCCOc2ccccc2Cl)CC1)c1cccc2ccccc12. The van der Waals surface area contributed by atoms with Crippen LogP contribution in [0.2, 0.25) is 5.02 Å². The highest BCUT2D eigenvalue weighted by atomic mass is 35.5. The number of amides is 2. The Morgan fingerprint density at radius 3 is 2.50 bits per heavy atom. The highest BCUT2D eigenvalue weighted by molar-refractivity contribution is 6.32. The Morgan fingerprint density at radius 1 is 0.969 bits per heavy atom. The maximum atomic E-state index is 12.8. The lowest BCUT2D eigenvalue weighted by Crippen LogP contribution is -2.46. The lowest BCUT2D eigenvalue weighted by molar-refractivity contribution is -0.132. The van der Waals surface area contributed by atoms with Gasteiger partial charge >= 0.3 is 0 Å². The lowest BCUT2D eigenvalue weighted by atomic mass is 10.0. The molecule has 0 bridgehead atoms. The summed E-state index contributed by atoms with van der Waals surface area (Å²) in [5.41, 5.74) is 0.695. The van der Waals surface area contributed by atoms with Gasteiger partial charge in [-0.1, -0.05) is 60.1 Å². The second-order valence-corrected chi connectivity index (χ2v) is 8.44. The number of hydrogen-bond acceptors (Lipinski definition) is 3. The molecular formula is C26H27ClN2O3. The van der Waals surface area contributed by atoms with Crippen molar-refractivity contribution >= 4 is 34.2 Å². The average molecular weight is 451 g/mol. The molecule has 1 heterocycles. The van der Waals surface area contributed by atoms with E-state index in [0.717, 1.165) is 23.6 Å². The van der Waals surface area contributed by atoms with Crippen molar-refractivity contribution in [2.75, 3.05) is 19.7 Å². The molecule has 0 spiro atoms. The number of hydrogen-bond donors (Lipinski definition) is 1. The zero-order valence-electron chi connectivity index (χ0n) is 17.9. The first-order valence-electron chi connectivity index (χ1n) is 11.1. The van der Waals surface area contributed by atoms with Gasteiger partial charge in [0.05, 0.1) is 11.6 Å². The monoisotopic (exact) mass is 450 g/mol. The van der Waals surface area contributed by atoms with Crippen LogP contribution in [0.25, 0.3) is 10.8 Å². The molecule has 166 valence electrons. The first-order valence-corrected chi connectivity index (χ1v) is 11.4. The highest BCUT2D eigenvalue weighted by Gasteiger charge is 2.24. The molecule has 3 aromatic rings. The van der Waals surface area contributed by atoms with Crippen LogP contribution >= 0.6 is 11.6 Å². The maximum absolute atomic E-state index is 12.8. The smallest absolute Gasteiger partial charge is 0.252 e. The Hall–Kier alpha value is -3.05. The topological polar surface area (TPSA) is 58.6 Å². The van der Waals surface area contributed by atoms with Crippen LogP contribution in [0.4, 0.5) is 0 Å². The number of benzene rings is 3. The van der Waals surface area contributed by atoms with E-state index in [-0.39, 0.29) is 17.9 Å². The van der Waals surface area contributed by atoms with E-state index in [2.05, 4.69) is 5.32 Å². The molecule has 1 N–H and O–H groups in total. The fourth-order valence-electron chi connectivity index (χ4n) is 4.09. The fraction of sp³-hybridized carbons (Fsp3) is 0.308. The number of para-hydroxylation sites is 1. The summed E-state index contributed by atoms with van der Waals surface area (Å²) in [6.45, 7) is 1.77. The largest absolute Gasteiger partial charge is 0.492 e. The Bertz CT molecular complexity index is 1090. The summed E-state index contributed by atoms with van der Waals surface area (Å²) in [6.07, 6.45) is 2.61. The summed E-state index contributed by atoms with van der Waals surface area (Å²) in [5.74, 6) is 0.722. The van der Waals surface area contributed by atoms with Crippen LogP contribution in [0.5, 0.6) is 5.75 Å². The van der Waals surface area contributed by atoms with Gasteiger partial charge in [-0.2, -0.15) is 0 Å². The van der Waals surface area contributed by atoms with E-state index in [9.17, 15) is 9.59 Å². The van der Waals surface area contributed by atoms with Crippen LogP contribution in [0.1, 0.15) is 36.0 Å². The lowest BCUT2D eigenvalue weighted by Gasteiger charge is -2.32. The Morgan fingerprint density at radius 2 is 1.69 bits per heavy atom. The van der Waals surface area contributed by atoms with Crippen LogP contribution in [0.3, 0.4) is 0 Å². The third kappa shape index (κ3) is 5.40. The molecule has 0 saturated carbocycles. The van der Waals surface area contributed by atoms with Crippen molar-refractivity contribution in [1.29, 1.82) is 0 Å². The van der Waals surface area contributed by atoms with Crippen LogP contribution in [-0.4, -0.2) is 42.5 Å². The molecule has 1 fully saturated rings. The number of piperidine rings is 1. The van der Waals surface area contributed by atoms with Crippen molar-refractivity contribution in [2.24, 2.45) is 0 Å². The molecule has 1 aliphatic rings. The van der Waals surface area contributed by atoms with E-state index in [1.54, 1.807) is 6.07 Å². The third-order valence-corrected chi connectivity index (χ3v) is 6.16. The predicted octanol–water partition coefficient (Wildman–Crippen LogP) is 5.07. The van der Waals surface area contributed by atoms with Crippen molar-refractivity contribution in [3.63, 3.8) is 0 Å². The van der Waals surface area contributed by atoms with E-state index < -0.39 is 0 Å². The molecule has 0 aliphatic carbocycles. The summed E-state index contributed by atoms with van der Waals surface area (Å²) >= 11 is 6.07. The number of carbonyl (C=O) groups excluding carboxylic acids is 2. The number of likely N-dealkylation sites (tertiary alicyclic amines) is 1. The maximum Gasteiger partial charge on any atom is 0.252 e. The average Bonchev–Trinajstić information content (AvgIpc) is 2.82. The summed E-state index contributed by atoms with van der Waals surface area (Å²) in [7, 11) is 0. The van der Waals surface area contributed by atoms with Crippen LogP contribution in [-0.2, 0) is 4.79 Å². The van der Waals surface area contributed by atoms with Crippen molar-refractivity contribution in [2.45, 2.75) is 31.7 Å². The van der Waals surface area contributed by atoms with E-state index >= 15 is 0 Å². The first-order chi connectivity index (χ1) is 15.6. The van der Waals surface area contributed by atoms with Gasteiger partial charge in [0.25, 0.3) is 5.91 Å². The molecule has 1 saturated heterocycles. The number of halogens is 1. The Kier molecular flexibility index (Phi) is 7.28. The number of nitrogens with zero attached hydrogens (tertiary/aromatic N) is 1. The number of rotatable bonds is 7. The van der Waals surface area contributed by atoms with Crippen molar-refractivity contribution in [3.05, 3.63) is 77.3 Å². The second-order valence-electron chi connectivity index (χ2n) is 8.04. The van der Waals surface area contributed by atoms with Crippen LogP contribution < -0.4 is 10.1 Å². The van der Waals surface area contributed by atoms with Gasteiger partial charge in [0, 0.05) is 31.1 Å². The minimum absolute atomic E-state index is 0.0525. The van der Waals surface area contributed by atoms with Gasteiger partial charge in [-0.15, -0.1) is 0 Å². The third-order valence-electron chi connectivity index (χ3n) is 5.85. The van der Waals surface area contributed by atoms with E-state index in [4.69, 9.17) is 16.3 Å². The normalized spacial score (nSPS) is 14.3. The molecule has 6 heteroatoms. The molecule has 0 aromatic heterocycles. The van der Waals surface area contributed by atoms with Crippen LogP contribution in [0.15, 0.2) is 66.7 Å². The minimum atomic E-state index is -0.0525. The summed E-state index contributed by atoms with van der Waals surface area (Å²) in [6, 6.07) is 21.1. The van der Waals surface area contributed by atoms with Gasteiger partial charge < -0.3 is 15.0 Å². The molecule has 0 unspecified atom stereocenters. The Labute approximate surface area is 193 Å².